The lowest BCUT2D eigenvalue weighted by atomic mass is 10.1. The zero-order valence-corrected chi connectivity index (χ0v) is 12.3. The third kappa shape index (κ3) is 3.46. The molecule has 0 saturated carbocycles. The molecule has 1 heterocycles. The van der Waals surface area contributed by atoms with Gasteiger partial charge < -0.3 is 9.84 Å². The van der Waals surface area contributed by atoms with E-state index in [0.29, 0.717) is 12.5 Å². The van der Waals surface area contributed by atoms with Crippen LogP contribution in [-0.4, -0.2) is 36.8 Å². The fraction of sp³-hybridized carbons (Fsp3) is 0.571. The molecule has 4 heteroatoms. The lowest BCUT2D eigenvalue weighted by molar-refractivity contribution is 0.248. The van der Waals surface area contributed by atoms with E-state index in [9.17, 15) is 0 Å². The van der Waals surface area contributed by atoms with Gasteiger partial charge in [0, 0.05) is 29.7 Å². The topological polar surface area (TPSA) is 32.7 Å². The van der Waals surface area contributed by atoms with Gasteiger partial charge in [0.1, 0.15) is 5.75 Å². The zero-order chi connectivity index (χ0) is 13.0. The van der Waals surface area contributed by atoms with Gasteiger partial charge in [-0.3, -0.25) is 4.90 Å². The van der Waals surface area contributed by atoms with Gasteiger partial charge in [-0.25, -0.2) is 0 Å². The highest BCUT2D eigenvalue weighted by Gasteiger charge is 2.22. The summed E-state index contributed by atoms with van der Waals surface area (Å²) in [6.07, 6.45) is 2.11. The molecule has 1 unspecified atom stereocenters. The van der Waals surface area contributed by atoms with E-state index in [2.05, 4.69) is 26.9 Å². The van der Waals surface area contributed by atoms with Crippen molar-refractivity contribution in [3.63, 3.8) is 0 Å². The number of hydrogen-bond donors (Lipinski definition) is 1. The summed E-state index contributed by atoms with van der Waals surface area (Å²) in [5, 5.41) is 8.98. The highest BCUT2D eigenvalue weighted by atomic mass is 79.9. The number of methoxy groups -OCH3 is 1. The summed E-state index contributed by atoms with van der Waals surface area (Å²) >= 11 is 3.50. The highest BCUT2D eigenvalue weighted by molar-refractivity contribution is 9.10. The molecule has 1 aromatic rings. The number of benzene rings is 1. The van der Waals surface area contributed by atoms with Gasteiger partial charge in [-0.1, -0.05) is 15.9 Å². The first-order valence-electron chi connectivity index (χ1n) is 6.38. The van der Waals surface area contributed by atoms with Crippen LogP contribution < -0.4 is 4.74 Å². The fourth-order valence-electron chi connectivity index (χ4n) is 2.59. The van der Waals surface area contributed by atoms with E-state index in [1.807, 2.05) is 12.1 Å². The van der Waals surface area contributed by atoms with Gasteiger partial charge in [-0.05, 0) is 43.5 Å². The normalized spacial score (nSPS) is 20.3. The third-order valence-electron chi connectivity index (χ3n) is 3.54. The molecular weight excluding hydrogens is 294 g/mol. The summed E-state index contributed by atoms with van der Waals surface area (Å²) < 4.78 is 6.48. The van der Waals surface area contributed by atoms with Crippen LogP contribution >= 0.6 is 15.9 Å². The highest BCUT2D eigenvalue weighted by Crippen LogP contribution is 2.27. The molecule has 18 heavy (non-hydrogen) atoms. The van der Waals surface area contributed by atoms with Crippen LogP contribution in [0.3, 0.4) is 0 Å². The molecule has 1 N–H and O–H groups in total. The Labute approximate surface area is 117 Å². The first-order chi connectivity index (χ1) is 8.72. The largest absolute Gasteiger partial charge is 0.496 e. The van der Waals surface area contributed by atoms with Crippen molar-refractivity contribution in [1.82, 2.24) is 4.90 Å². The van der Waals surface area contributed by atoms with Crippen LogP contribution in [0.5, 0.6) is 5.75 Å². The van der Waals surface area contributed by atoms with Crippen LogP contribution in [0.15, 0.2) is 22.7 Å². The molecular formula is C14H20BrNO2. The van der Waals surface area contributed by atoms with E-state index in [0.717, 1.165) is 36.3 Å². The molecule has 1 aliphatic heterocycles. The summed E-state index contributed by atoms with van der Waals surface area (Å²) in [7, 11) is 1.71. The average molecular weight is 314 g/mol. The molecule has 1 aromatic carbocycles. The van der Waals surface area contributed by atoms with Crippen molar-refractivity contribution in [3.8, 4) is 5.75 Å². The molecule has 0 aliphatic carbocycles. The molecule has 0 spiro atoms. The van der Waals surface area contributed by atoms with E-state index in [1.165, 1.54) is 12.0 Å². The van der Waals surface area contributed by atoms with E-state index in [-0.39, 0.29) is 0 Å². The summed E-state index contributed by atoms with van der Waals surface area (Å²) in [4.78, 5) is 2.44. The molecule has 1 fully saturated rings. The zero-order valence-electron chi connectivity index (χ0n) is 10.7. The van der Waals surface area contributed by atoms with Gasteiger partial charge in [-0.15, -0.1) is 0 Å². The van der Waals surface area contributed by atoms with Gasteiger partial charge in [0.2, 0.25) is 0 Å². The van der Waals surface area contributed by atoms with Crippen LogP contribution in [0.4, 0.5) is 0 Å². The Bertz CT molecular complexity index is 397. The first-order valence-corrected chi connectivity index (χ1v) is 7.18. The number of aliphatic hydroxyl groups is 1. The molecule has 0 bridgehead atoms. The number of rotatable bonds is 5. The smallest absolute Gasteiger partial charge is 0.123 e. The minimum Gasteiger partial charge on any atom is -0.496 e. The monoisotopic (exact) mass is 313 g/mol. The maximum atomic E-state index is 8.98. The molecule has 1 aliphatic rings. The standard InChI is InChI=1S/C14H20BrNO2/c1-18-14-3-2-13(15)8-12(14)10-16-6-4-11(9-16)5-7-17/h2-3,8,11,17H,4-7,9-10H2,1H3. The van der Waals surface area contributed by atoms with Gasteiger partial charge in [0.15, 0.2) is 0 Å². The number of nitrogens with zero attached hydrogens (tertiary/aromatic N) is 1. The summed E-state index contributed by atoms with van der Waals surface area (Å²) in [5.74, 6) is 1.59. The molecule has 0 aromatic heterocycles. The Morgan fingerprint density at radius 2 is 2.33 bits per heavy atom. The maximum absolute atomic E-state index is 8.98. The van der Waals surface area contributed by atoms with E-state index in [1.54, 1.807) is 7.11 Å². The SMILES string of the molecule is COc1ccc(Br)cc1CN1CCC(CCO)C1. The summed E-state index contributed by atoms with van der Waals surface area (Å²) in [6.45, 7) is 3.42. The second-order valence-corrected chi connectivity index (χ2v) is 5.77. The summed E-state index contributed by atoms with van der Waals surface area (Å²) in [6, 6.07) is 6.12. The van der Waals surface area contributed by atoms with Crippen LogP contribution in [-0.2, 0) is 6.54 Å². The molecule has 0 amide bonds. The van der Waals surface area contributed by atoms with Crippen LogP contribution in [0.2, 0.25) is 0 Å². The number of halogens is 1. The Balaban J connectivity index is 1.99. The van der Waals surface area contributed by atoms with Crippen molar-refractivity contribution in [2.75, 3.05) is 26.8 Å². The average Bonchev–Trinajstić information content (AvgIpc) is 2.77. The Morgan fingerprint density at radius 1 is 1.50 bits per heavy atom. The summed E-state index contributed by atoms with van der Waals surface area (Å²) in [5.41, 5.74) is 1.22. The number of ether oxygens (including phenoxy) is 1. The van der Waals surface area contributed by atoms with Crippen molar-refractivity contribution in [3.05, 3.63) is 28.2 Å². The molecule has 3 nitrogen and oxygen atoms in total. The number of likely N-dealkylation sites (tertiary alicyclic amines) is 1. The third-order valence-corrected chi connectivity index (χ3v) is 4.04. The van der Waals surface area contributed by atoms with Crippen molar-refractivity contribution < 1.29 is 9.84 Å². The first kappa shape index (κ1) is 13.8. The Hall–Kier alpha value is -0.580. The number of hydrogen-bond acceptors (Lipinski definition) is 3. The van der Waals surface area contributed by atoms with Crippen molar-refractivity contribution >= 4 is 15.9 Å². The second kappa shape index (κ2) is 6.55. The maximum Gasteiger partial charge on any atom is 0.123 e. The van der Waals surface area contributed by atoms with Gasteiger partial charge in [0.25, 0.3) is 0 Å². The number of aliphatic hydroxyl groups excluding tert-OH is 1. The van der Waals surface area contributed by atoms with Crippen LogP contribution in [0.1, 0.15) is 18.4 Å². The van der Waals surface area contributed by atoms with E-state index in [4.69, 9.17) is 9.84 Å². The van der Waals surface area contributed by atoms with Crippen molar-refractivity contribution in [1.29, 1.82) is 0 Å². The predicted molar refractivity (Wildman–Crippen MR) is 75.8 cm³/mol. The molecule has 0 radical (unpaired) electrons. The Kier molecular flexibility index (Phi) is 5.03. The minimum absolute atomic E-state index is 0.304. The van der Waals surface area contributed by atoms with Gasteiger partial charge >= 0.3 is 0 Å². The van der Waals surface area contributed by atoms with E-state index < -0.39 is 0 Å². The van der Waals surface area contributed by atoms with Crippen LogP contribution in [0, 0.1) is 5.92 Å². The molecule has 2 rings (SSSR count). The Morgan fingerprint density at radius 3 is 3.06 bits per heavy atom. The molecule has 1 saturated heterocycles. The fourth-order valence-corrected chi connectivity index (χ4v) is 2.99. The van der Waals surface area contributed by atoms with Crippen LogP contribution in [0.25, 0.3) is 0 Å². The van der Waals surface area contributed by atoms with Crippen molar-refractivity contribution in [2.45, 2.75) is 19.4 Å². The molecule has 1 atom stereocenters. The van der Waals surface area contributed by atoms with Gasteiger partial charge in [-0.2, -0.15) is 0 Å². The minimum atomic E-state index is 0.304. The predicted octanol–water partition coefficient (Wildman–Crippen LogP) is 2.66. The lowest BCUT2D eigenvalue weighted by Gasteiger charge is -2.18. The second-order valence-electron chi connectivity index (χ2n) is 4.86. The van der Waals surface area contributed by atoms with Gasteiger partial charge in [0.05, 0.1) is 7.11 Å². The quantitative estimate of drug-likeness (QED) is 0.907. The van der Waals surface area contributed by atoms with E-state index >= 15 is 0 Å². The lowest BCUT2D eigenvalue weighted by Crippen LogP contribution is -2.20. The molecule has 100 valence electrons. The van der Waals surface area contributed by atoms with Crippen molar-refractivity contribution in [2.24, 2.45) is 5.92 Å².